The van der Waals surface area contributed by atoms with Gasteiger partial charge in [0, 0.05) is 0 Å². The summed E-state index contributed by atoms with van der Waals surface area (Å²) in [6.45, 7) is 22.9. The van der Waals surface area contributed by atoms with Crippen molar-refractivity contribution in [3.8, 4) is 0 Å². The fraction of sp³-hybridized carbons (Fsp3) is 0.600. The van der Waals surface area contributed by atoms with Crippen LogP contribution in [0.5, 0.6) is 0 Å². The Labute approximate surface area is 171 Å². The predicted octanol–water partition coefficient (Wildman–Crippen LogP) is 5.73. The van der Waals surface area contributed by atoms with E-state index in [9.17, 15) is 0 Å². The van der Waals surface area contributed by atoms with Crippen molar-refractivity contribution in [2.75, 3.05) is 0 Å². The first-order valence-corrected chi connectivity index (χ1v) is 10.6. The smallest absolute Gasteiger partial charge is 0.399 e. The van der Waals surface area contributed by atoms with Crippen molar-refractivity contribution in [2.45, 2.75) is 91.3 Å². The fourth-order valence-electron chi connectivity index (χ4n) is 5.18. The van der Waals surface area contributed by atoms with Gasteiger partial charge in [0.05, 0.1) is 11.2 Å². The third-order valence-corrected chi connectivity index (χ3v) is 9.00. The minimum Gasteiger partial charge on any atom is -0.399 e. The molecule has 0 N–H and O–H groups in total. The first kappa shape index (κ1) is 20.0. The van der Waals surface area contributed by atoms with Crippen LogP contribution < -0.4 is 5.46 Å². The van der Waals surface area contributed by atoms with E-state index in [2.05, 4.69) is 99.6 Å². The number of hydrogen-bond acceptors (Lipinski definition) is 2. The van der Waals surface area contributed by atoms with Gasteiger partial charge in [-0.05, 0) is 71.3 Å². The Kier molecular flexibility index (Phi) is 3.87. The summed E-state index contributed by atoms with van der Waals surface area (Å²) in [5, 5.41) is 2.52. The molecule has 0 aromatic heterocycles. The first-order valence-electron chi connectivity index (χ1n) is 10.6. The highest BCUT2D eigenvalue weighted by Gasteiger charge is 2.60. The predicted molar refractivity (Wildman–Crippen MR) is 119 cm³/mol. The zero-order chi connectivity index (χ0) is 20.9. The molecule has 1 saturated heterocycles. The maximum Gasteiger partial charge on any atom is 0.495 e. The SMILES string of the molecule is CC1(C)OB(c2c3c(cc4ccccc24)C(C)(C)C(C)(C)C3(C)C)OC1(C)C. The van der Waals surface area contributed by atoms with Crippen LogP contribution in [0.2, 0.25) is 0 Å². The topological polar surface area (TPSA) is 18.5 Å². The van der Waals surface area contributed by atoms with Crippen molar-refractivity contribution in [1.82, 2.24) is 0 Å². The molecule has 2 aliphatic rings. The van der Waals surface area contributed by atoms with E-state index in [0.717, 1.165) is 0 Å². The Morgan fingerprint density at radius 2 is 1.25 bits per heavy atom. The molecule has 1 fully saturated rings. The highest BCUT2D eigenvalue weighted by atomic mass is 16.7. The van der Waals surface area contributed by atoms with Gasteiger partial charge in [-0.25, -0.2) is 0 Å². The van der Waals surface area contributed by atoms with Crippen molar-refractivity contribution in [3.05, 3.63) is 41.5 Å². The molecule has 4 rings (SSSR count). The van der Waals surface area contributed by atoms with Gasteiger partial charge in [0.1, 0.15) is 0 Å². The van der Waals surface area contributed by atoms with Gasteiger partial charge < -0.3 is 9.31 Å². The van der Waals surface area contributed by atoms with E-state index < -0.39 is 0 Å². The second kappa shape index (κ2) is 5.43. The molecular formula is C25H35BO2. The molecule has 0 amide bonds. The molecule has 1 aliphatic carbocycles. The second-order valence-corrected chi connectivity index (χ2v) is 11.4. The van der Waals surface area contributed by atoms with Gasteiger partial charge in [0.25, 0.3) is 0 Å². The van der Waals surface area contributed by atoms with Crippen LogP contribution in [0.3, 0.4) is 0 Å². The molecule has 0 spiro atoms. The van der Waals surface area contributed by atoms with Crippen molar-refractivity contribution in [3.63, 3.8) is 0 Å². The standard InChI is InChI=1S/C25H35BO2/c1-21(2)18-15-16-13-11-12-14-17(16)20(19(18)22(3,4)23(21,5)6)26-27-24(7,8)25(9,10)28-26/h11-15H,1-10H3. The van der Waals surface area contributed by atoms with E-state index in [-0.39, 0.29) is 34.6 Å². The molecule has 2 aromatic rings. The van der Waals surface area contributed by atoms with Gasteiger partial charge in [0.2, 0.25) is 0 Å². The summed E-state index contributed by atoms with van der Waals surface area (Å²) in [6.07, 6.45) is 0. The number of rotatable bonds is 1. The molecular weight excluding hydrogens is 343 g/mol. The fourth-order valence-corrected chi connectivity index (χ4v) is 5.18. The molecule has 1 heterocycles. The molecule has 2 aromatic carbocycles. The largest absolute Gasteiger partial charge is 0.495 e. The first-order chi connectivity index (χ1) is 12.7. The molecule has 3 heteroatoms. The van der Waals surface area contributed by atoms with Crippen LogP contribution in [0.1, 0.15) is 80.4 Å². The van der Waals surface area contributed by atoms with Crippen LogP contribution in [0.4, 0.5) is 0 Å². The third-order valence-electron chi connectivity index (χ3n) is 9.00. The Balaban J connectivity index is 2.09. The van der Waals surface area contributed by atoms with Gasteiger partial charge in [-0.15, -0.1) is 0 Å². The van der Waals surface area contributed by atoms with Crippen molar-refractivity contribution in [2.24, 2.45) is 5.41 Å². The van der Waals surface area contributed by atoms with Crippen LogP contribution in [0.25, 0.3) is 10.8 Å². The van der Waals surface area contributed by atoms with Gasteiger partial charge in [0.15, 0.2) is 0 Å². The van der Waals surface area contributed by atoms with Crippen LogP contribution in [0, 0.1) is 5.41 Å². The summed E-state index contributed by atoms with van der Waals surface area (Å²) in [4.78, 5) is 0. The average molecular weight is 378 g/mol. The summed E-state index contributed by atoms with van der Waals surface area (Å²) in [6, 6.07) is 11.1. The second-order valence-electron chi connectivity index (χ2n) is 11.4. The van der Waals surface area contributed by atoms with Gasteiger partial charge in [-0.3, -0.25) is 0 Å². The van der Waals surface area contributed by atoms with Gasteiger partial charge in [-0.1, -0.05) is 71.9 Å². The normalized spacial score (nSPS) is 25.9. The lowest BCUT2D eigenvalue weighted by Gasteiger charge is -2.45. The zero-order valence-corrected chi connectivity index (χ0v) is 19.3. The van der Waals surface area contributed by atoms with Gasteiger partial charge in [-0.2, -0.15) is 0 Å². The lowest BCUT2D eigenvalue weighted by molar-refractivity contribution is 0.00578. The van der Waals surface area contributed by atoms with E-state index in [0.29, 0.717) is 0 Å². The summed E-state index contributed by atoms with van der Waals surface area (Å²) in [5.41, 5.74) is 3.52. The lowest BCUT2D eigenvalue weighted by Crippen LogP contribution is -2.45. The highest BCUT2D eigenvalue weighted by Crippen LogP contribution is 2.61. The Morgan fingerprint density at radius 3 is 1.82 bits per heavy atom. The molecule has 150 valence electrons. The molecule has 28 heavy (non-hydrogen) atoms. The Hall–Kier alpha value is -1.32. The van der Waals surface area contributed by atoms with E-state index in [1.807, 2.05) is 0 Å². The van der Waals surface area contributed by atoms with E-state index in [4.69, 9.17) is 9.31 Å². The maximum atomic E-state index is 6.59. The molecule has 0 unspecified atom stereocenters. The molecule has 2 nitrogen and oxygen atoms in total. The van der Waals surface area contributed by atoms with Crippen LogP contribution >= 0.6 is 0 Å². The van der Waals surface area contributed by atoms with Crippen LogP contribution in [0.15, 0.2) is 30.3 Å². The van der Waals surface area contributed by atoms with E-state index in [1.54, 1.807) is 0 Å². The Morgan fingerprint density at radius 1 is 0.714 bits per heavy atom. The Bertz CT molecular complexity index is 950. The molecule has 1 aliphatic heterocycles. The van der Waals surface area contributed by atoms with Crippen molar-refractivity contribution in [1.29, 1.82) is 0 Å². The highest BCUT2D eigenvalue weighted by molar-refractivity contribution is 6.66. The van der Waals surface area contributed by atoms with E-state index in [1.165, 1.54) is 27.4 Å². The molecule has 0 atom stereocenters. The summed E-state index contributed by atoms with van der Waals surface area (Å²) < 4.78 is 13.2. The molecule has 0 radical (unpaired) electrons. The van der Waals surface area contributed by atoms with Crippen molar-refractivity contribution < 1.29 is 9.31 Å². The summed E-state index contributed by atoms with van der Waals surface area (Å²) in [7, 11) is -0.353. The minimum absolute atomic E-state index is 0.00516. The number of fused-ring (bicyclic) bond motifs is 2. The number of benzene rings is 2. The molecule has 0 saturated carbocycles. The number of hydrogen-bond donors (Lipinski definition) is 0. The van der Waals surface area contributed by atoms with Crippen molar-refractivity contribution >= 4 is 23.4 Å². The van der Waals surface area contributed by atoms with Crippen LogP contribution in [-0.4, -0.2) is 18.3 Å². The summed E-state index contributed by atoms with van der Waals surface area (Å²) >= 11 is 0. The maximum absolute atomic E-state index is 6.59. The lowest BCUT2D eigenvalue weighted by atomic mass is 9.58. The zero-order valence-electron chi connectivity index (χ0n) is 19.3. The van der Waals surface area contributed by atoms with E-state index >= 15 is 0 Å². The third kappa shape index (κ3) is 2.24. The average Bonchev–Trinajstić information content (AvgIpc) is 2.84. The quantitative estimate of drug-likeness (QED) is 0.590. The minimum atomic E-state index is -0.353. The van der Waals surface area contributed by atoms with Gasteiger partial charge >= 0.3 is 7.12 Å². The summed E-state index contributed by atoms with van der Waals surface area (Å²) in [5.74, 6) is 0. The molecule has 0 bridgehead atoms. The van der Waals surface area contributed by atoms with Crippen LogP contribution in [-0.2, 0) is 20.1 Å². The monoisotopic (exact) mass is 378 g/mol.